The van der Waals surface area contributed by atoms with Crippen LogP contribution in [0.2, 0.25) is 0 Å². The topological polar surface area (TPSA) is 57.0 Å². The summed E-state index contributed by atoms with van der Waals surface area (Å²) in [7, 11) is 0. The first kappa shape index (κ1) is 15.3. The number of amides is 1. The Morgan fingerprint density at radius 2 is 1.80 bits per heavy atom. The predicted octanol–water partition coefficient (Wildman–Crippen LogP) is 4.01. The number of nitrogens with zero attached hydrogens (tertiary/aromatic N) is 3. The van der Waals surface area contributed by atoms with E-state index in [9.17, 15) is 4.79 Å². The maximum atomic E-state index is 12.5. The first-order chi connectivity index (χ1) is 12.3. The van der Waals surface area contributed by atoms with Crippen LogP contribution in [0.3, 0.4) is 0 Å². The van der Waals surface area contributed by atoms with E-state index in [0.717, 1.165) is 53.5 Å². The van der Waals surface area contributed by atoms with Crippen molar-refractivity contribution in [3.05, 3.63) is 65.9 Å². The van der Waals surface area contributed by atoms with Crippen LogP contribution < -0.4 is 0 Å². The first-order valence-electron chi connectivity index (χ1n) is 8.45. The summed E-state index contributed by atoms with van der Waals surface area (Å²) >= 11 is 0. The van der Waals surface area contributed by atoms with Gasteiger partial charge in [-0.25, -0.2) is 0 Å². The fourth-order valence-corrected chi connectivity index (χ4v) is 3.36. The molecule has 4 heteroatoms. The molecule has 25 heavy (non-hydrogen) atoms. The zero-order valence-corrected chi connectivity index (χ0v) is 13.8. The second kappa shape index (κ2) is 6.37. The summed E-state index contributed by atoms with van der Waals surface area (Å²) in [6.07, 6.45) is 3.95. The fraction of sp³-hybridized carbons (Fsp3) is 0.190. The van der Waals surface area contributed by atoms with Crippen LogP contribution in [0.15, 0.2) is 54.7 Å². The molecule has 1 saturated heterocycles. The van der Waals surface area contributed by atoms with Crippen LogP contribution >= 0.6 is 0 Å². The molecule has 122 valence electrons. The quantitative estimate of drug-likeness (QED) is 0.714. The third kappa shape index (κ3) is 2.85. The van der Waals surface area contributed by atoms with Crippen LogP contribution in [-0.4, -0.2) is 28.9 Å². The molecule has 3 aromatic rings. The molecule has 4 nitrogen and oxygen atoms in total. The fourth-order valence-electron chi connectivity index (χ4n) is 3.36. The van der Waals surface area contributed by atoms with E-state index >= 15 is 0 Å². The molecule has 1 aromatic heterocycles. The molecule has 0 aliphatic carbocycles. The van der Waals surface area contributed by atoms with Crippen LogP contribution in [0.25, 0.3) is 22.0 Å². The van der Waals surface area contributed by atoms with E-state index in [-0.39, 0.29) is 5.91 Å². The SMILES string of the molecule is N#Cc1ccc2nccc(-c3ccc(C(=O)N4CCCC4)cc3)c2c1. The maximum Gasteiger partial charge on any atom is 0.253 e. The van der Waals surface area contributed by atoms with Crippen molar-refractivity contribution in [2.45, 2.75) is 12.8 Å². The maximum absolute atomic E-state index is 12.5. The third-order valence-corrected chi connectivity index (χ3v) is 4.71. The van der Waals surface area contributed by atoms with E-state index in [1.165, 1.54) is 0 Å². The molecule has 0 spiro atoms. The molecule has 1 aliphatic rings. The number of nitriles is 1. The number of rotatable bonds is 2. The molecule has 0 radical (unpaired) electrons. The Hall–Kier alpha value is -3.19. The molecular formula is C21H17N3O. The predicted molar refractivity (Wildman–Crippen MR) is 97.0 cm³/mol. The largest absolute Gasteiger partial charge is 0.339 e. The molecule has 4 rings (SSSR count). The summed E-state index contributed by atoms with van der Waals surface area (Å²) < 4.78 is 0. The lowest BCUT2D eigenvalue weighted by Crippen LogP contribution is -2.27. The lowest BCUT2D eigenvalue weighted by atomic mass is 9.99. The molecule has 0 bridgehead atoms. The number of carbonyl (C=O) groups is 1. The Morgan fingerprint density at radius 3 is 2.52 bits per heavy atom. The van der Waals surface area contributed by atoms with Crippen molar-refractivity contribution < 1.29 is 4.79 Å². The van der Waals surface area contributed by atoms with Crippen molar-refractivity contribution in [2.75, 3.05) is 13.1 Å². The van der Waals surface area contributed by atoms with Crippen molar-refractivity contribution in [3.8, 4) is 17.2 Å². The number of aromatic nitrogens is 1. The van der Waals surface area contributed by atoms with Gasteiger partial charge in [-0.15, -0.1) is 0 Å². The average Bonchev–Trinajstić information content (AvgIpc) is 3.21. The van der Waals surface area contributed by atoms with Crippen LogP contribution in [0.4, 0.5) is 0 Å². The number of benzene rings is 2. The van der Waals surface area contributed by atoms with Gasteiger partial charge in [0, 0.05) is 30.2 Å². The summed E-state index contributed by atoms with van der Waals surface area (Å²) in [5.74, 6) is 0.107. The summed E-state index contributed by atoms with van der Waals surface area (Å²) in [5, 5.41) is 10.1. The molecule has 1 fully saturated rings. The van der Waals surface area contributed by atoms with Gasteiger partial charge in [-0.05, 0) is 60.4 Å². The van der Waals surface area contributed by atoms with Crippen LogP contribution in [0, 0.1) is 11.3 Å². The van der Waals surface area contributed by atoms with Crippen molar-refractivity contribution in [3.63, 3.8) is 0 Å². The van der Waals surface area contributed by atoms with Crippen LogP contribution in [0.1, 0.15) is 28.8 Å². The summed E-state index contributed by atoms with van der Waals surface area (Å²) in [6, 6.07) is 17.3. The molecule has 1 aliphatic heterocycles. The number of hydrogen-bond donors (Lipinski definition) is 0. The number of pyridine rings is 1. The van der Waals surface area contributed by atoms with Crippen molar-refractivity contribution in [1.29, 1.82) is 5.26 Å². The normalized spacial score (nSPS) is 13.8. The van der Waals surface area contributed by atoms with Crippen molar-refractivity contribution in [1.82, 2.24) is 9.88 Å². The highest BCUT2D eigenvalue weighted by atomic mass is 16.2. The third-order valence-electron chi connectivity index (χ3n) is 4.71. The smallest absolute Gasteiger partial charge is 0.253 e. The Labute approximate surface area is 146 Å². The van der Waals surface area contributed by atoms with Gasteiger partial charge in [0.15, 0.2) is 0 Å². The van der Waals surface area contributed by atoms with Crippen LogP contribution in [0.5, 0.6) is 0 Å². The van der Waals surface area contributed by atoms with Gasteiger partial charge in [-0.2, -0.15) is 5.26 Å². The van der Waals surface area contributed by atoms with E-state index in [2.05, 4.69) is 11.1 Å². The molecule has 0 unspecified atom stereocenters. The van der Waals surface area contributed by atoms with Gasteiger partial charge in [0.2, 0.25) is 0 Å². The van der Waals surface area contributed by atoms with E-state index < -0.39 is 0 Å². The highest BCUT2D eigenvalue weighted by Crippen LogP contribution is 2.28. The van der Waals surface area contributed by atoms with Gasteiger partial charge in [-0.1, -0.05) is 12.1 Å². The zero-order chi connectivity index (χ0) is 17.2. The minimum absolute atomic E-state index is 0.107. The average molecular weight is 327 g/mol. The molecule has 2 heterocycles. The highest BCUT2D eigenvalue weighted by Gasteiger charge is 2.19. The van der Waals surface area contributed by atoms with E-state index in [0.29, 0.717) is 5.56 Å². The Kier molecular flexibility index (Phi) is 3.91. The highest BCUT2D eigenvalue weighted by molar-refractivity contribution is 5.97. The second-order valence-electron chi connectivity index (χ2n) is 6.28. The van der Waals surface area contributed by atoms with Gasteiger partial charge in [-0.3, -0.25) is 9.78 Å². The Bertz CT molecular complexity index is 980. The summed E-state index contributed by atoms with van der Waals surface area (Å²) in [6.45, 7) is 1.71. The molecule has 0 N–H and O–H groups in total. The molecule has 0 saturated carbocycles. The van der Waals surface area contributed by atoms with Gasteiger partial charge >= 0.3 is 0 Å². The molecule has 1 amide bonds. The minimum atomic E-state index is 0.107. The lowest BCUT2D eigenvalue weighted by molar-refractivity contribution is 0.0793. The van der Waals surface area contributed by atoms with Gasteiger partial charge in [0.05, 0.1) is 17.1 Å². The van der Waals surface area contributed by atoms with Gasteiger partial charge in [0.25, 0.3) is 5.91 Å². The van der Waals surface area contributed by atoms with Gasteiger partial charge < -0.3 is 4.90 Å². The van der Waals surface area contributed by atoms with Crippen molar-refractivity contribution in [2.24, 2.45) is 0 Å². The Morgan fingerprint density at radius 1 is 1.04 bits per heavy atom. The Balaban J connectivity index is 1.72. The molecular weight excluding hydrogens is 310 g/mol. The number of carbonyl (C=O) groups excluding carboxylic acids is 1. The summed E-state index contributed by atoms with van der Waals surface area (Å²) in [5.41, 5.74) is 4.22. The summed E-state index contributed by atoms with van der Waals surface area (Å²) in [4.78, 5) is 18.8. The lowest BCUT2D eigenvalue weighted by Gasteiger charge is -2.15. The number of likely N-dealkylation sites (tertiary alicyclic amines) is 1. The van der Waals surface area contributed by atoms with E-state index in [1.54, 1.807) is 12.3 Å². The first-order valence-corrected chi connectivity index (χ1v) is 8.45. The van der Waals surface area contributed by atoms with E-state index in [1.807, 2.05) is 47.4 Å². The van der Waals surface area contributed by atoms with E-state index in [4.69, 9.17) is 5.26 Å². The zero-order valence-electron chi connectivity index (χ0n) is 13.8. The minimum Gasteiger partial charge on any atom is -0.339 e. The molecule has 0 atom stereocenters. The number of hydrogen-bond acceptors (Lipinski definition) is 3. The van der Waals surface area contributed by atoms with Gasteiger partial charge in [0.1, 0.15) is 0 Å². The second-order valence-corrected chi connectivity index (χ2v) is 6.28. The molecule has 2 aromatic carbocycles. The van der Waals surface area contributed by atoms with Crippen LogP contribution in [-0.2, 0) is 0 Å². The van der Waals surface area contributed by atoms with Crippen molar-refractivity contribution >= 4 is 16.8 Å². The number of fused-ring (bicyclic) bond motifs is 1. The standard InChI is InChI=1S/C21H17N3O/c22-14-15-3-8-20-19(13-15)18(9-10-23-20)16-4-6-17(7-5-16)21(25)24-11-1-2-12-24/h3-10,13H,1-2,11-12H2. The monoisotopic (exact) mass is 327 g/mol.